The van der Waals surface area contributed by atoms with Gasteiger partial charge < -0.3 is 20.4 Å². The topological polar surface area (TPSA) is 89.9 Å². The van der Waals surface area contributed by atoms with Gasteiger partial charge in [0.1, 0.15) is 0 Å². The van der Waals surface area contributed by atoms with Crippen LogP contribution in [0.2, 0.25) is 0 Å². The summed E-state index contributed by atoms with van der Waals surface area (Å²) in [5.74, 6) is -1.22. The maximum Gasteiger partial charge on any atom is 0.328 e. The van der Waals surface area contributed by atoms with Crippen LogP contribution in [-0.4, -0.2) is 51.8 Å². The minimum Gasteiger partial charge on any atom is -0.480 e. The largest absolute Gasteiger partial charge is 0.480 e. The molecule has 1 fully saturated rings. The van der Waals surface area contributed by atoms with Gasteiger partial charge in [0.15, 0.2) is 6.04 Å². The van der Waals surface area contributed by atoms with Gasteiger partial charge in [-0.15, -0.1) is 0 Å². The van der Waals surface area contributed by atoms with Gasteiger partial charge in [-0.3, -0.25) is 0 Å². The van der Waals surface area contributed by atoms with Crippen molar-refractivity contribution in [3.05, 3.63) is 0 Å². The fourth-order valence-electron chi connectivity index (χ4n) is 2.25. The summed E-state index contributed by atoms with van der Waals surface area (Å²) in [4.78, 5) is 24.3. The van der Waals surface area contributed by atoms with Crippen molar-refractivity contribution in [1.29, 1.82) is 0 Å². The standard InChI is InChI=1S/C11H20N2O4/c1-3-8-5-4-7(2)13(8)11(17)12-9(6-14)10(15)16/h7-9,14H,3-6H2,1-2H3,(H,12,17)(H,15,16). The summed E-state index contributed by atoms with van der Waals surface area (Å²) < 4.78 is 0. The van der Waals surface area contributed by atoms with Crippen molar-refractivity contribution >= 4 is 12.0 Å². The number of rotatable bonds is 4. The van der Waals surface area contributed by atoms with Crippen LogP contribution in [-0.2, 0) is 4.79 Å². The molecule has 98 valence electrons. The van der Waals surface area contributed by atoms with Gasteiger partial charge in [0.25, 0.3) is 0 Å². The molecule has 0 aromatic rings. The molecule has 1 aliphatic rings. The number of nitrogens with one attached hydrogen (secondary N) is 1. The number of carboxylic acid groups (broad SMARTS) is 1. The first-order valence-electron chi connectivity index (χ1n) is 5.93. The maximum absolute atomic E-state index is 11.9. The fourth-order valence-corrected chi connectivity index (χ4v) is 2.25. The Labute approximate surface area is 101 Å². The Kier molecular flexibility index (Phi) is 4.74. The van der Waals surface area contributed by atoms with Gasteiger partial charge in [-0.05, 0) is 26.2 Å². The van der Waals surface area contributed by atoms with Crippen LogP contribution in [0.4, 0.5) is 4.79 Å². The van der Waals surface area contributed by atoms with E-state index in [2.05, 4.69) is 5.32 Å². The fraction of sp³-hybridized carbons (Fsp3) is 0.818. The van der Waals surface area contributed by atoms with E-state index in [1.54, 1.807) is 4.90 Å². The number of amides is 2. The molecule has 17 heavy (non-hydrogen) atoms. The van der Waals surface area contributed by atoms with Crippen LogP contribution in [0.15, 0.2) is 0 Å². The summed E-state index contributed by atoms with van der Waals surface area (Å²) in [5, 5.41) is 20.0. The van der Waals surface area contributed by atoms with Gasteiger partial charge in [-0.25, -0.2) is 9.59 Å². The van der Waals surface area contributed by atoms with Crippen LogP contribution in [0, 0.1) is 0 Å². The number of aliphatic carboxylic acids is 1. The molecule has 3 N–H and O–H groups in total. The number of urea groups is 1. The first-order valence-corrected chi connectivity index (χ1v) is 5.93. The van der Waals surface area contributed by atoms with Gasteiger partial charge in [0.2, 0.25) is 0 Å². The van der Waals surface area contributed by atoms with Crippen molar-refractivity contribution in [2.45, 2.75) is 51.2 Å². The average molecular weight is 244 g/mol. The van der Waals surface area contributed by atoms with E-state index in [0.717, 1.165) is 19.3 Å². The third-order valence-corrected chi connectivity index (χ3v) is 3.27. The second kappa shape index (κ2) is 5.86. The van der Waals surface area contributed by atoms with Gasteiger partial charge >= 0.3 is 12.0 Å². The Bertz CT molecular complexity index is 295. The van der Waals surface area contributed by atoms with Crippen molar-refractivity contribution in [2.24, 2.45) is 0 Å². The number of carboxylic acids is 1. The van der Waals surface area contributed by atoms with Crippen LogP contribution in [0.1, 0.15) is 33.1 Å². The lowest BCUT2D eigenvalue weighted by Crippen LogP contribution is -2.52. The lowest BCUT2D eigenvalue weighted by molar-refractivity contribution is -0.140. The predicted molar refractivity (Wildman–Crippen MR) is 61.7 cm³/mol. The molecule has 6 heteroatoms. The maximum atomic E-state index is 11.9. The van der Waals surface area contributed by atoms with Gasteiger partial charge in [0.05, 0.1) is 6.61 Å². The van der Waals surface area contributed by atoms with Crippen LogP contribution < -0.4 is 5.32 Å². The van der Waals surface area contributed by atoms with E-state index in [1.165, 1.54) is 0 Å². The predicted octanol–water partition coefficient (Wildman–Crippen LogP) is 0.404. The third-order valence-electron chi connectivity index (χ3n) is 3.27. The number of hydrogen-bond donors (Lipinski definition) is 3. The van der Waals surface area contributed by atoms with Gasteiger partial charge in [0, 0.05) is 12.1 Å². The summed E-state index contributed by atoms with van der Waals surface area (Å²) in [6.07, 6.45) is 2.74. The summed E-state index contributed by atoms with van der Waals surface area (Å²) >= 11 is 0. The molecular weight excluding hydrogens is 224 g/mol. The van der Waals surface area contributed by atoms with E-state index in [9.17, 15) is 9.59 Å². The Hall–Kier alpha value is -1.30. The molecule has 0 radical (unpaired) electrons. The van der Waals surface area contributed by atoms with Crippen molar-refractivity contribution < 1.29 is 19.8 Å². The van der Waals surface area contributed by atoms with Crippen molar-refractivity contribution in [3.63, 3.8) is 0 Å². The highest BCUT2D eigenvalue weighted by Gasteiger charge is 2.34. The van der Waals surface area contributed by atoms with Crippen LogP contribution >= 0.6 is 0 Å². The van der Waals surface area contributed by atoms with E-state index >= 15 is 0 Å². The second-order valence-electron chi connectivity index (χ2n) is 4.42. The molecule has 6 nitrogen and oxygen atoms in total. The van der Waals surface area contributed by atoms with E-state index in [4.69, 9.17) is 10.2 Å². The van der Waals surface area contributed by atoms with E-state index in [-0.39, 0.29) is 12.1 Å². The van der Waals surface area contributed by atoms with E-state index in [0.29, 0.717) is 0 Å². The molecule has 1 rings (SSSR count). The number of carbonyl (C=O) groups excluding carboxylic acids is 1. The Morgan fingerprint density at radius 2 is 2.12 bits per heavy atom. The summed E-state index contributed by atoms with van der Waals surface area (Å²) in [6.45, 7) is 3.35. The molecule has 0 aromatic carbocycles. The molecule has 1 heterocycles. The monoisotopic (exact) mass is 244 g/mol. The van der Waals surface area contributed by atoms with Gasteiger partial charge in [-0.1, -0.05) is 6.92 Å². The van der Waals surface area contributed by atoms with Crippen molar-refractivity contribution in [1.82, 2.24) is 10.2 Å². The number of nitrogens with zero attached hydrogens (tertiary/aromatic N) is 1. The number of carbonyl (C=O) groups is 2. The highest BCUT2D eigenvalue weighted by atomic mass is 16.4. The quantitative estimate of drug-likeness (QED) is 0.668. The van der Waals surface area contributed by atoms with E-state index in [1.807, 2.05) is 13.8 Å². The lowest BCUT2D eigenvalue weighted by atomic mass is 10.2. The Balaban J connectivity index is 2.65. The summed E-state index contributed by atoms with van der Waals surface area (Å²) in [7, 11) is 0. The van der Waals surface area contributed by atoms with Crippen molar-refractivity contribution in [3.8, 4) is 0 Å². The number of aliphatic hydroxyl groups is 1. The summed E-state index contributed by atoms with van der Waals surface area (Å²) in [5.41, 5.74) is 0. The molecule has 0 saturated carbocycles. The van der Waals surface area contributed by atoms with Crippen LogP contribution in [0.25, 0.3) is 0 Å². The summed E-state index contributed by atoms with van der Waals surface area (Å²) in [6, 6.07) is -1.35. The smallest absolute Gasteiger partial charge is 0.328 e. The lowest BCUT2D eigenvalue weighted by Gasteiger charge is -2.29. The highest BCUT2D eigenvalue weighted by molar-refractivity contribution is 5.83. The molecule has 0 aromatic heterocycles. The first-order chi connectivity index (χ1) is 8.01. The zero-order chi connectivity index (χ0) is 13.0. The van der Waals surface area contributed by atoms with Gasteiger partial charge in [-0.2, -0.15) is 0 Å². The average Bonchev–Trinajstić information content (AvgIpc) is 2.66. The molecule has 0 spiro atoms. The first kappa shape index (κ1) is 13.8. The molecule has 0 aliphatic carbocycles. The molecule has 0 bridgehead atoms. The van der Waals surface area contributed by atoms with Crippen LogP contribution in [0.5, 0.6) is 0 Å². The number of likely N-dealkylation sites (tertiary alicyclic amines) is 1. The zero-order valence-corrected chi connectivity index (χ0v) is 10.2. The van der Waals surface area contributed by atoms with Crippen LogP contribution in [0.3, 0.4) is 0 Å². The molecule has 3 atom stereocenters. The molecule has 1 saturated heterocycles. The minimum atomic E-state index is -1.23. The number of aliphatic hydroxyl groups excluding tert-OH is 1. The Morgan fingerprint density at radius 1 is 1.47 bits per heavy atom. The molecule has 1 aliphatic heterocycles. The zero-order valence-electron chi connectivity index (χ0n) is 10.2. The molecule has 2 amide bonds. The minimum absolute atomic E-state index is 0.119. The molecular formula is C11H20N2O4. The van der Waals surface area contributed by atoms with E-state index < -0.39 is 24.6 Å². The SMILES string of the molecule is CCC1CCC(C)N1C(=O)NC(CO)C(=O)O. The molecule has 3 unspecified atom stereocenters. The van der Waals surface area contributed by atoms with Crippen molar-refractivity contribution in [2.75, 3.05) is 6.61 Å². The third kappa shape index (κ3) is 3.09. The highest BCUT2D eigenvalue weighted by Crippen LogP contribution is 2.25. The second-order valence-corrected chi connectivity index (χ2v) is 4.42. The Morgan fingerprint density at radius 3 is 2.59 bits per heavy atom. The normalized spacial score (nSPS) is 25.7. The number of hydrogen-bond acceptors (Lipinski definition) is 3.